The van der Waals surface area contributed by atoms with Crippen LogP contribution in [-0.4, -0.2) is 61.0 Å². The first-order valence-electron chi connectivity index (χ1n) is 13.1. The predicted octanol–water partition coefficient (Wildman–Crippen LogP) is 4.15. The molecule has 10 nitrogen and oxygen atoms in total. The van der Waals surface area contributed by atoms with Crippen LogP contribution in [0.15, 0.2) is 12.4 Å². The van der Waals surface area contributed by atoms with E-state index in [1.165, 1.54) is 35.5 Å². The van der Waals surface area contributed by atoms with E-state index in [2.05, 4.69) is 30.7 Å². The Bertz CT molecular complexity index is 1480. The van der Waals surface area contributed by atoms with Gasteiger partial charge in [0.25, 0.3) is 11.8 Å². The number of nitrogens with one attached hydrogen (secondary N) is 2. The van der Waals surface area contributed by atoms with E-state index in [-0.39, 0.29) is 37.2 Å². The molecule has 3 aliphatic rings. The molecule has 16 heteroatoms. The molecular formula is C25H26F5N7O3S. The summed E-state index contributed by atoms with van der Waals surface area (Å²) in [5.41, 5.74) is 1.02. The molecule has 1 amide bonds. The molecule has 0 radical (unpaired) electrons. The van der Waals surface area contributed by atoms with Gasteiger partial charge in [-0.05, 0) is 37.7 Å². The highest BCUT2D eigenvalue weighted by atomic mass is 32.1. The number of rotatable bonds is 10. The molecule has 220 valence electrons. The number of hydrogen-bond acceptors (Lipinski definition) is 8. The number of fused-ring (bicyclic) bond motifs is 1. The third-order valence-electron chi connectivity index (χ3n) is 7.77. The number of alkyl halides is 5. The number of halogens is 5. The summed E-state index contributed by atoms with van der Waals surface area (Å²) in [6.45, 7) is -3.03. The van der Waals surface area contributed by atoms with Crippen LogP contribution in [-0.2, 0) is 31.1 Å². The molecular weight excluding hydrogens is 573 g/mol. The predicted molar refractivity (Wildman–Crippen MR) is 136 cm³/mol. The van der Waals surface area contributed by atoms with Crippen molar-refractivity contribution in [1.29, 1.82) is 0 Å². The third kappa shape index (κ3) is 5.53. The van der Waals surface area contributed by atoms with Crippen LogP contribution in [0.5, 0.6) is 5.88 Å². The number of thiophene rings is 1. The first-order chi connectivity index (χ1) is 19.5. The monoisotopic (exact) mass is 599 g/mol. The van der Waals surface area contributed by atoms with Crippen LogP contribution in [0.25, 0.3) is 0 Å². The molecule has 0 saturated heterocycles. The summed E-state index contributed by atoms with van der Waals surface area (Å²) in [5.74, 6) is -5.00. The normalized spacial score (nSPS) is 24.5. The lowest BCUT2D eigenvalue weighted by Crippen LogP contribution is -2.45. The van der Waals surface area contributed by atoms with Gasteiger partial charge in [0, 0.05) is 47.8 Å². The second-order valence-corrected chi connectivity index (χ2v) is 11.8. The number of carbonyl (C=O) groups excluding carboxylic acids is 2. The smallest absolute Gasteiger partial charge is 0.388 e. The van der Waals surface area contributed by atoms with Crippen molar-refractivity contribution in [2.75, 3.05) is 5.32 Å². The van der Waals surface area contributed by atoms with Crippen LogP contribution in [0.3, 0.4) is 0 Å². The Labute approximate surface area is 234 Å². The van der Waals surface area contributed by atoms with Gasteiger partial charge in [0.15, 0.2) is 0 Å². The topological polar surface area (TPSA) is 116 Å². The number of aromatic nitrogens is 5. The molecule has 3 heterocycles. The van der Waals surface area contributed by atoms with Gasteiger partial charge in [-0.3, -0.25) is 14.2 Å². The van der Waals surface area contributed by atoms with Crippen molar-refractivity contribution in [3.8, 4) is 5.88 Å². The van der Waals surface area contributed by atoms with Crippen LogP contribution in [0.1, 0.15) is 57.4 Å². The molecule has 0 spiro atoms. The zero-order chi connectivity index (χ0) is 29.1. The maximum absolute atomic E-state index is 13.6. The number of ketones is 1. The average Bonchev–Trinajstić information content (AvgIpc) is 3.22. The molecule has 2 saturated carbocycles. The van der Waals surface area contributed by atoms with Crippen molar-refractivity contribution in [3.05, 3.63) is 33.3 Å². The van der Waals surface area contributed by atoms with Crippen LogP contribution in [0.4, 0.5) is 33.7 Å². The molecule has 2 atom stereocenters. The van der Waals surface area contributed by atoms with E-state index in [1.807, 2.05) is 0 Å². The second kappa shape index (κ2) is 10.4. The van der Waals surface area contributed by atoms with E-state index in [9.17, 15) is 31.5 Å². The Kier molecular flexibility index (Phi) is 6.98. The van der Waals surface area contributed by atoms with Crippen LogP contribution in [0, 0.1) is 5.92 Å². The van der Waals surface area contributed by atoms with Gasteiger partial charge >= 0.3 is 6.61 Å². The number of nitrogens with zero attached hydrogens (tertiary/aromatic N) is 5. The van der Waals surface area contributed by atoms with Crippen molar-refractivity contribution in [1.82, 2.24) is 29.9 Å². The fraction of sp³-hybridized carbons (Fsp3) is 0.560. The van der Waals surface area contributed by atoms with Crippen LogP contribution < -0.4 is 15.4 Å². The molecule has 3 aromatic rings. The lowest BCUT2D eigenvalue weighted by molar-refractivity contribution is -0.121. The van der Waals surface area contributed by atoms with Crippen molar-refractivity contribution in [2.24, 2.45) is 13.0 Å². The second-order valence-electron chi connectivity index (χ2n) is 10.7. The fourth-order valence-corrected chi connectivity index (χ4v) is 6.79. The highest BCUT2D eigenvalue weighted by molar-refractivity contribution is 7.12. The largest absolute Gasteiger partial charge is 0.415 e. The molecule has 0 unspecified atom stereocenters. The lowest BCUT2D eigenvalue weighted by Gasteiger charge is -2.31. The maximum Gasteiger partial charge on any atom is 0.388 e. The van der Waals surface area contributed by atoms with Gasteiger partial charge in [-0.15, -0.1) is 26.6 Å². The van der Waals surface area contributed by atoms with Crippen molar-refractivity contribution >= 4 is 34.8 Å². The quantitative estimate of drug-likeness (QED) is 0.337. The molecule has 41 heavy (non-hydrogen) atoms. The number of Topliss-reactive ketones (excluding diaryl/α,β-unsaturated/α-hetero) is 1. The Morgan fingerprint density at radius 2 is 2.05 bits per heavy atom. The van der Waals surface area contributed by atoms with E-state index in [0.29, 0.717) is 41.5 Å². The van der Waals surface area contributed by atoms with Gasteiger partial charge in [-0.2, -0.15) is 8.78 Å². The average molecular weight is 600 g/mol. The number of hydrogen-bond donors (Lipinski definition) is 2. The summed E-state index contributed by atoms with van der Waals surface area (Å²) < 4.78 is 73.2. The minimum absolute atomic E-state index is 0.205. The number of carbonyl (C=O) groups is 2. The summed E-state index contributed by atoms with van der Waals surface area (Å²) in [7, 11) is 1.54. The third-order valence-corrected chi connectivity index (χ3v) is 9.07. The van der Waals surface area contributed by atoms with Crippen molar-refractivity contribution < 1.29 is 36.3 Å². The Morgan fingerprint density at radius 1 is 1.29 bits per heavy atom. The van der Waals surface area contributed by atoms with Crippen LogP contribution >= 0.6 is 11.3 Å². The number of amides is 1. The summed E-state index contributed by atoms with van der Waals surface area (Å²) >= 11 is 1.29. The molecule has 0 bridgehead atoms. The molecule has 0 aromatic carbocycles. The first kappa shape index (κ1) is 27.6. The minimum Gasteiger partial charge on any atom is -0.415 e. The fourth-order valence-electron chi connectivity index (χ4n) is 5.44. The Hall–Kier alpha value is -3.56. The lowest BCUT2D eigenvalue weighted by atomic mass is 9.88. The molecule has 6 rings (SSSR count). The maximum atomic E-state index is 13.6. The Morgan fingerprint density at radius 3 is 2.73 bits per heavy atom. The first-order valence-corrected chi connectivity index (χ1v) is 13.9. The number of aryl methyl sites for hydroxylation is 2. The van der Waals surface area contributed by atoms with Crippen LogP contribution in [0.2, 0.25) is 0 Å². The van der Waals surface area contributed by atoms with E-state index in [4.69, 9.17) is 0 Å². The summed E-state index contributed by atoms with van der Waals surface area (Å²) in [5, 5.41) is 17.8. The van der Waals surface area contributed by atoms with Gasteiger partial charge < -0.3 is 15.4 Å². The van der Waals surface area contributed by atoms with Crippen molar-refractivity contribution in [2.45, 2.75) is 75.7 Å². The molecule has 2 fully saturated rings. The van der Waals surface area contributed by atoms with Gasteiger partial charge in [0.1, 0.15) is 24.1 Å². The summed E-state index contributed by atoms with van der Waals surface area (Å²) in [4.78, 5) is 27.4. The molecule has 2 N–H and O–H groups in total. The van der Waals surface area contributed by atoms with E-state index < -0.39 is 42.7 Å². The molecule has 3 aliphatic carbocycles. The van der Waals surface area contributed by atoms with Crippen molar-refractivity contribution in [3.63, 3.8) is 0 Å². The zero-order valence-corrected chi connectivity index (χ0v) is 22.6. The molecule has 0 aliphatic heterocycles. The highest BCUT2D eigenvalue weighted by Crippen LogP contribution is 2.50. The molecule has 3 aromatic heterocycles. The standard InChI is InChI=1S/C25H26F5N7O3S/c1-36-19(8-20(35-36)40-23(27)28)33-24-34-31-10-37(24)13-2-3-17-14(6-13)21(22(39)32-12-4-11(26)5-12)18(41-17)7-16(38)15-9-25(15,29)30/h8,10-13,15,23H,2-7,9H2,1H3,(H,32,39)(H,33,34)/t11?,12?,13-,15-/m0/s1. The van der Waals surface area contributed by atoms with Gasteiger partial charge in [-0.25, -0.2) is 17.9 Å². The Balaban J connectivity index is 1.25. The SMILES string of the molecule is Cn1nc(OC(F)F)cc1Nc1nncn1[C@H]1CCc2sc(CC(=O)[C@@H]3CC3(F)F)c(C(=O)NC3CC(F)C3)c2C1. The number of ether oxygens (including phenoxy) is 1. The summed E-state index contributed by atoms with van der Waals surface area (Å²) in [6, 6.07) is 0.747. The summed E-state index contributed by atoms with van der Waals surface area (Å²) in [6.07, 6.45) is 1.77. The van der Waals surface area contributed by atoms with Gasteiger partial charge in [-0.1, -0.05) is 0 Å². The van der Waals surface area contributed by atoms with E-state index >= 15 is 0 Å². The highest BCUT2D eigenvalue weighted by Gasteiger charge is 2.60. The van der Waals surface area contributed by atoms with Gasteiger partial charge in [0.2, 0.25) is 11.8 Å². The number of anilines is 2. The minimum atomic E-state index is -3.03. The van der Waals surface area contributed by atoms with E-state index in [0.717, 1.165) is 10.4 Å². The zero-order valence-electron chi connectivity index (χ0n) is 21.8. The van der Waals surface area contributed by atoms with E-state index in [1.54, 1.807) is 4.57 Å². The van der Waals surface area contributed by atoms with Gasteiger partial charge in [0.05, 0.1) is 11.5 Å².